The van der Waals surface area contributed by atoms with Gasteiger partial charge in [-0.3, -0.25) is 9.69 Å². The Kier molecular flexibility index (Phi) is 8.34. The van der Waals surface area contributed by atoms with Crippen LogP contribution < -0.4 is 20.4 Å². The predicted octanol–water partition coefficient (Wildman–Crippen LogP) is 1.46. The fraction of sp³-hybridized carbons (Fsp3) is 0.550. The largest absolute Gasteiger partial charge is 0.443 e. The Bertz CT molecular complexity index is 838. The van der Waals surface area contributed by atoms with Gasteiger partial charge >= 0.3 is 12.2 Å². The molecule has 2 atom stereocenters. The predicted molar refractivity (Wildman–Crippen MR) is 115 cm³/mol. The monoisotopic (exact) mass is 472 g/mol. The molecule has 0 bridgehead atoms. The molecule has 2 saturated heterocycles. The zero-order chi connectivity index (χ0) is 23.1. The molecule has 176 valence electrons. The lowest BCUT2D eigenvalue weighted by atomic mass is 10.2. The van der Waals surface area contributed by atoms with Gasteiger partial charge in [0.05, 0.1) is 50.1 Å². The molecule has 0 aliphatic carbocycles. The van der Waals surface area contributed by atoms with Crippen molar-refractivity contribution in [1.82, 2.24) is 10.6 Å². The number of carbonyl (C=O) groups excluding carboxylic acids is 3. The third kappa shape index (κ3) is 6.36. The fourth-order valence-electron chi connectivity index (χ4n) is 3.34. The van der Waals surface area contributed by atoms with E-state index in [1.807, 2.05) is 4.90 Å². The number of halogens is 2. The van der Waals surface area contributed by atoms with Crippen LogP contribution in [0.25, 0.3) is 0 Å². The highest BCUT2D eigenvalue weighted by atomic mass is 35.5. The summed E-state index contributed by atoms with van der Waals surface area (Å²) in [6.07, 6.45) is -2.72. The van der Waals surface area contributed by atoms with Crippen molar-refractivity contribution < 1.29 is 33.0 Å². The van der Waals surface area contributed by atoms with E-state index in [-0.39, 0.29) is 31.4 Å². The molecule has 0 aromatic heterocycles. The van der Waals surface area contributed by atoms with Gasteiger partial charge in [0.25, 0.3) is 0 Å². The summed E-state index contributed by atoms with van der Waals surface area (Å²) >= 11 is 5.73. The number of hydrogen-bond donors (Lipinski definition) is 2. The summed E-state index contributed by atoms with van der Waals surface area (Å²) in [5.74, 6) is -0.698. The summed E-state index contributed by atoms with van der Waals surface area (Å²) in [6, 6.07) is 4.59. The maximum absolute atomic E-state index is 14.7. The first-order valence-corrected chi connectivity index (χ1v) is 10.8. The summed E-state index contributed by atoms with van der Waals surface area (Å²) in [4.78, 5) is 38.4. The zero-order valence-electron chi connectivity index (χ0n) is 17.6. The van der Waals surface area contributed by atoms with Crippen LogP contribution in [0.3, 0.4) is 0 Å². The second-order valence-corrected chi connectivity index (χ2v) is 7.66. The van der Waals surface area contributed by atoms with Crippen LogP contribution in [0.15, 0.2) is 18.2 Å². The molecular weight excluding hydrogens is 447 g/mol. The standard InChI is InChI=1S/C20H26ClFN4O6/c1-13(27)23-10-15(9-21)31-19(28)24-11-16-12-26(20(29)32-16)14-2-3-18(17(22)8-14)25-4-6-30-7-5-25/h2-3,8,15-16H,4-7,9-12H2,1H3,(H,23,27)(H,24,28). The molecule has 1 aromatic rings. The number of ether oxygens (including phenoxy) is 3. The van der Waals surface area contributed by atoms with Gasteiger partial charge in [-0.05, 0) is 18.2 Å². The summed E-state index contributed by atoms with van der Waals surface area (Å²) in [7, 11) is 0. The molecule has 2 aliphatic rings. The lowest BCUT2D eigenvalue weighted by molar-refractivity contribution is -0.119. The van der Waals surface area contributed by atoms with Crippen LogP contribution in [-0.2, 0) is 19.0 Å². The van der Waals surface area contributed by atoms with E-state index in [2.05, 4.69) is 10.6 Å². The van der Waals surface area contributed by atoms with E-state index in [4.69, 9.17) is 25.8 Å². The average molecular weight is 473 g/mol. The van der Waals surface area contributed by atoms with Crippen LogP contribution >= 0.6 is 11.6 Å². The van der Waals surface area contributed by atoms with Gasteiger partial charge in [0, 0.05) is 20.0 Å². The molecule has 0 spiro atoms. The summed E-state index contributed by atoms with van der Waals surface area (Å²) < 4.78 is 30.3. The smallest absolute Gasteiger partial charge is 0.414 e. The van der Waals surface area contributed by atoms with Crippen LogP contribution in [0.4, 0.5) is 25.4 Å². The lowest BCUT2D eigenvalue weighted by Gasteiger charge is -2.29. The van der Waals surface area contributed by atoms with E-state index in [1.54, 1.807) is 12.1 Å². The van der Waals surface area contributed by atoms with Crippen molar-refractivity contribution in [3.05, 3.63) is 24.0 Å². The highest BCUT2D eigenvalue weighted by Crippen LogP contribution is 2.28. The molecule has 3 amide bonds. The third-order valence-electron chi connectivity index (χ3n) is 4.97. The number of amides is 3. The number of cyclic esters (lactones) is 1. The van der Waals surface area contributed by atoms with Crippen LogP contribution in [0.5, 0.6) is 0 Å². The molecule has 2 N–H and O–H groups in total. The van der Waals surface area contributed by atoms with E-state index in [9.17, 15) is 18.8 Å². The van der Waals surface area contributed by atoms with Gasteiger partial charge in [-0.15, -0.1) is 11.6 Å². The first-order valence-electron chi connectivity index (χ1n) is 10.2. The number of morpholine rings is 1. The third-order valence-corrected chi connectivity index (χ3v) is 5.31. The van der Waals surface area contributed by atoms with Crippen LogP contribution in [0.2, 0.25) is 0 Å². The summed E-state index contributed by atoms with van der Waals surface area (Å²) in [5, 5.41) is 5.02. The second kappa shape index (κ2) is 11.2. The Morgan fingerprint density at radius 1 is 1.31 bits per heavy atom. The van der Waals surface area contributed by atoms with Gasteiger partial charge < -0.3 is 29.7 Å². The second-order valence-electron chi connectivity index (χ2n) is 7.35. The molecule has 2 unspecified atom stereocenters. The fourth-order valence-corrected chi connectivity index (χ4v) is 3.51. The molecule has 2 fully saturated rings. The van der Waals surface area contributed by atoms with Crippen molar-refractivity contribution >= 4 is 41.1 Å². The van der Waals surface area contributed by atoms with E-state index < -0.39 is 30.2 Å². The Hall–Kier alpha value is -2.79. The number of nitrogens with zero attached hydrogens (tertiary/aromatic N) is 2. The SMILES string of the molecule is CC(=O)NCC(CCl)OC(=O)NCC1CN(c2ccc(N3CCOCC3)c(F)c2)C(=O)O1. The summed E-state index contributed by atoms with van der Waals surface area (Å²) in [6.45, 7) is 3.84. The minimum atomic E-state index is -0.753. The quantitative estimate of drug-likeness (QED) is 0.551. The van der Waals surface area contributed by atoms with E-state index in [0.29, 0.717) is 37.7 Å². The van der Waals surface area contributed by atoms with Crippen LogP contribution in [0.1, 0.15) is 6.92 Å². The van der Waals surface area contributed by atoms with Crippen molar-refractivity contribution in [1.29, 1.82) is 0 Å². The maximum atomic E-state index is 14.7. The highest BCUT2D eigenvalue weighted by Gasteiger charge is 2.33. The normalized spacial score (nSPS) is 19.3. The van der Waals surface area contributed by atoms with E-state index >= 15 is 0 Å². The molecule has 1 aromatic carbocycles. The van der Waals surface area contributed by atoms with E-state index in [1.165, 1.54) is 17.9 Å². The van der Waals surface area contributed by atoms with Gasteiger partial charge in [-0.25, -0.2) is 14.0 Å². The van der Waals surface area contributed by atoms with Gasteiger partial charge in [0.1, 0.15) is 18.0 Å². The molecule has 3 rings (SSSR count). The number of anilines is 2. The number of alkyl halides is 1. The molecule has 2 aliphatic heterocycles. The van der Waals surface area contributed by atoms with Crippen LogP contribution in [-0.4, -0.2) is 82.1 Å². The lowest BCUT2D eigenvalue weighted by Crippen LogP contribution is -2.40. The van der Waals surface area contributed by atoms with E-state index in [0.717, 1.165) is 0 Å². The molecule has 2 heterocycles. The van der Waals surface area contributed by atoms with Crippen molar-refractivity contribution in [2.24, 2.45) is 0 Å². The number of carbonyl (C=O) groups is 3. The van der Waals surface area contributed by atoms with Crippen LogP contribution in [0, 0.1) is 5.82 Å². The number of nitrogens with one attached hydrogen (secondary N) is 2. The molecule has 0 saturated carbocycles. The van der Waals surface area contributed by atoms with Crippen molar-refractivity contribution in [3.8, 4) is 0 Å². The first kappa shape index (κ1) is 23.9. The number of hydrogen-bond acceptors (Lipinski definition) is 7. The maximum Gasteiger partial charge on any atom is 0.414 e. The molecular formula is C20H26ClFN4O6. The minimum Gasteiger partial charge on any atom is -0.443 e. The molecule has 10 nitrogen and oxygen atoms in total. The van der Waals surface area contributed by atoms with Gasteiger partial charge in [0.15, 0.2) is 0 Å². The highest BCUT2D eigenvalue weighted by molar-refractivity contribution is 6.18. The molecule has 32 heavy (non-hydrogen) atoms. The molecule has 12 heteroatoms. The van der Waals surface area contributed by atoms with Crippen molar-refractivity contribution in [2.75, 3.05) is 61.6 Å². The number of alkyl carbamates (subject to hydrolysis) is 1. The van der Waals surface area contributed by atoms with Gasteiger partial charge in [0.2, 0.25) is 5.91 Å². The average Bonchev–Trinajstić information content (AvgIpc) is 3.16. The Morgan fingerprint density at radius 2 is 2.06 bits per heavy atom. The Morgan fingerprint density at radius 3 is 2.72 bits per heavy atom. The first-order chi connectivity index (χ1) is 15.4. The topological polar surface area (TPSA) is 109 Å². The van der Waals surface area contributed by atoms with Gasteiger partial charge in [-0.1, -0.05) is 0 Å². The van der Waals surface area contributed by atoms with Crippen molar-refractivity contribution in [2.45, 2.75) is 19.1 Å². The zero-order valence-corrected chi connectivity index (χ0v) is 18.4. The molecule has 0 radical (unpaired) electrons. The van der Waals surface area contributed by atoms with Crippen molar-refractivity contribution in [3.63, 3.8) is 0 Å². The Labute approximate surface area is 189 Å². The number of rotatable bonds is 8. The minimum absolute atomic E-state index is 0.00452. The Balaban J connectivity index is 1.51. The summed E-state index contributed by atoms with van der Waals surface area (Å²) in [5.41, 5.74) is 0.825. The number of benzene rings is 1. The van der Waals surface area contributed by atoms with Gasteiger partial charge in [-0.2, -0.15) is 0 Å².